The van der Waals surface area contributed by atoms with Crippen LogP contribution in [0.25, 0.3) is 0 Å². The Labute approximate surface area is 93.3 Å². The van der Waals surface area contributed by atoms with E-state index in [1.54, 1.807) is 0 Å². The lowest BCUT2D eigenvalue weighted by molar-refractivity contribution is 0.672. The maximum absolute atomic E-state index is 5.79. The van der Waals surface area contributed by atoms with E-state index in [4.69, 9.17) is 5.73 Å². The maximum atomic E-state index is 5.79. The molecule has 14 heavy (non-hydrogen) atoms. The highest BCUT2D eigenvalue weighted by molar-refractivity contribution is 9.10. The second kappa shape index (κ2) is 4.73. The number of anilines is 1. The molecule has 3 nitrogen and oxygen atoms in total. The van der Waals surface area contributed by atoms with Crippen molar-refractivity contribution in [2.24, 2.45) is 0 Å². The van der Waals surface area contributed by atoms with Gasteiger partial charge in [-0.15, -0.1) is 0 Å². The third-order valence-corrected chi connectivity index (χ3v) is 3.21. The highest BCUT2D eigenvalue weighted by Crippen LogP contribution is 2.24. The predicted octanol–water partition coefficient (Wildman–Crippen LogP) is 2.90. The maximum Gasteiger partial charge on any atom is 0.141 e. The summed E-state index contributed by atoms with van der Waals surface area (Å²) in [6.07, 6.45) is 1.90. The molecular formula is C10H16BrN3. The summed E-state index contributed by atoms with van der Waals surface area (Å²) in [6.45, 7) is 6.30. The lowest BCUT2D eigenvalue weighted by Crippen LogP contribution is -2.07. The van der Waals surface area contributed by atoms with Crippen molar-refractivity contribution in [1.29, 1.82) is 0 Å². The van der Waals surface area contributed by atoms with Crippen LogP contribution in [0.5, 0.6) is 0 Å². The molecule has 0 bridgehead atoms. The fourth-order valence-corrected chi connectivity index (χ4v) is 1.63. The van der Waals surface area contributed by atoms with Crippen LogP contribution in [0.3, 0.4) is 0 Å². The van der Waals surface area contributed by atoms with E-state index in [1.165, 1.54) is 0 Å². The molecule has 0 aliphatic carbocycles. The molecule has 4 heteroatoms. The average molecular weight is 258 g/mol. The van der Waals surface area contributed by atoms with Crippen molar-refractivity contribution in [3.63, 3.8) is 0 Å². The molecule has 0 aromatic carbocycles. The molecule has 1 unspecified atom stereocenters. The van der Waals surface area contributed by atoms with Crippen LogP contribution in [0.15, 0.2) is 4.47 Å². The van der Waals surface area contributed by atoms with Crippen LogP contribution in [-0.4, -0.2) is 9.97 Å². The van der Waals surface area contributed by atoms with Gasteiger partial charge in [-0.25, -0.2) is 9.97 Å². The normalized spacial score (nSPS) is 12.9. The number of nitrogen functional groups attached to an aromatic ring is 1. The van der Waals surface area contributed by atoms with Crippen molar-refractivity contribution in [2.75, 3.05) is 5.73 Å². The minimum Gasteiger partial charge on any atom is -0.383 e. The molecule has 1 heterocycles. The number of hydrogen-bond donors (Lipinski definition) is 1. The number of nitrogens with zero attached hydrogens (tertiary/aromatic N) is 2. The Morgan fingerprint density at radius 2 is 2.00 bits per heavy atom. The minimum absolute atomic E-state index is 0.371. The summed E-state index contributed by atoms with van der Waals surface area (Å²) in [6, 6.07) is 0. The van der Waals surface area contributed by atoms with E-state index >= 15 is 0 Å². The summed E-state index contributed by atoms with van der Waals surface area (Å²) in [5.41, 5.74) is 6.78. The third-order valence-electron chi connectivity index (χ3n) is 2.35. The van der Waals surface area contributed by atoms with Crippen molar-refractivity contribution in [2.45, 2.75) is 39.5 Å². The standard InChI is InChI=1S/C10H16BrN3/c1-4-6(3)10-13-7(5-2)8(11)9(12)14-10/h6H,4-5H2,1-3H3,(H2,12,13,14). The Balaban J connectivity index is 3.16. The number of hydrogen-bond acceptors (Lipinski definition) is 3. The van der Waals surface area contributed by atoms with Crippen LogP contribution in [0.1, 0.15) is 44.6 Å². The first-order chi connectivity index (χ1) is 6.60. The summed E-state index contributed by atoms with van der Waals surface area (Å²) in [5, 5.41) is 0. The van der Waals surface area contributed by atoms with Gasteiger partial charge in [0.15, 0.2) is 0 Å². The van der Waals surface area contributed by atoms with E-state index in [0.29, 0.717) is 11.7 Å². The molecule has 1 aromatic rings. The fourth-order valence-electron chi connectivity index (χ4n) is 1.17. The van der Waals surface area contributed by atoms with E-state index in [1.807, 2.05) is 0 Å². The highest BCUT2D eigenvalue weighted by atomic mass is 79.9. The van der Waals surface area contributed by atoms with Gasteiger partial charge in [0.25, 0.3) is 0 Å². The van der Waals surface area contributed by atoms with Gasteiger partial charge in [0.2, 0.25) is 0 Å². The number of aromatic nitrogens is 2. The molecule has 0 aliphatic heterocycles. The van der Waals surface area contributed by atoms with Crippen LogP contribution >= 0.6 is 15.9 Å². The second-order valence-corrected chi connectivity index (χ2v) is 4.18. The molecule has 0 radical (unpaired) electrons. The number of nitrogens with two attached hydrogens (primary N) is 1. The van der Waals surface area contributed by atoms with Crippen LogP contribution in [0.4, 0.5) is 5.82 Å². The minimum atomic E-state index is 0.371. The van der Waals surface area contributed by atoms with Crippen molar-refractivity contribution in [3.05, 3.63) is 16.0 Å². The van der Waals surface area contributed by atoms with Gasteiger partial charge in [-0.2, -0.15) is 0 Å². The number of halogens is 1. The molecule has 1 aromatic heterocycles. The van der Waals surface area contributed by atoms with Crippen molar-refractivity contribution < 1.29 is 0 Å². The topological polar surface area (TPSA) is 51.8 Å². The largest absolute Gasteiger partial charge is 0.383 e. The predicted molar refractivity (Wildman–Crippen MR) is 62.2 cm³/mol. The van der Waals surface area contributed by atoms with Crippen LogP contribution in [0, 0.1) is 0 Å². The Kier molecular flexibility index (Phi) is 3.86. The monoisotopic (exact) mass is 257 g/mol. The van der Waals surface area contributed by atoms with Gasteiger partial charge in [0, 0.05) is 5.92 Å². The Hall–Kier alpha value is -0.640. The van der Waals surface area contributed by atoms with Crippen molar-refractivity contribution in [1.82, 2.24) is 9.97 Å². The zero-order valence-electron chi connectivity index (χ0n) is 8.84. The van der Waals surface area contributed by atoms with Crippen LogP contribution in [-0.2, 0) is 6.42 Å². The van der Waals surface area contributed by atoms with E-state index in [2.05, 4.69) is 46.7 Å². The van der Waals surface area contributed by atoms with Gasteiger partial charge in [-0.05, 0) is 28.8 Å². The Morgan fingerprint density at radius 3 is 2.50 bits per heavy atom. The Bertz CT molecular complexity index is 325. The second-order valence-electron chi connectivity index (χ2n) is 3.39. The van der Waals surface area contributed by atoms with Gasteiger partial charge in [0.1, 0.15) is 11.6 Å². The summed E-state index contributed by atoms with van der Waals surface area (Å²) in [5.74, 6) is 1.77. The average Bonchev–Trinajstić information content (AvgIpc) is 2.20. The first-order valence-electron chi connectivity index (χ1n) is 4.91. The number of rotatable bonds is 3. The molecule has 0 saturated carbocycles. The lowest BCUT2D eigenvalue weighted by atomic mass is 10.1. The van der Waals surface area contributed by atoms with E-state index in [9.17, 15) is 0 Å². The van der Waals surface area contributed by atoms with Gasteiger partial charge < -0.3 is 5.73 Å². The van der Waals surface area contributed by atoms with Gasteiger partial charge in [0.05, 0.1) is 10.2 Å². The quantitative estimate of drug-likeness (QED) is 0.906. The molecule has 0 saturated heterocycles. The molecule has 0 amide bonds. The zero-order chi connectivity index (χ0) is 10.7. The summed E-state index contributed by atoms with van der Waals surface area (Å²) in [7, 11) is 0. The van der Waals surface area contributed by atoms with Crippen molar-refractivity contribution in [3.8, 4) is 0 Å². The molecule has 2 N–H and O–H groups in total. The zero-order valence-corrected chi connectivity index (χ0v) is 10.4. The lowest BCUT2D eigenvalue weighted by Gasteiger charge is -2.11. The SMILES string of the molecule is CCc1nc(C(C)CC)nc(N)c1Br. The van der Waals surface area contributed by atoms with Crippen molar-refractivity contribution >= 4 is 21.7 Å². The molecule has 0 spiro atoms. The first-order valence-corrected chi connectivity index (χ1v) is 5.71. The van der Waals surface area contributed by atoms with Gasteiger partial charge in [-0.3, -0.25) is 0 Å². The molecule has 1 rings (SSSR count). The van der Waals surface area contributed by atoms with Gasteiger partial charge in [-0.1, -0.05) is 20.8 Å². The van der Waals surface area contributed by atoms with E-state index < -0.39 is 0 Å². The Morgan fingerprint density at radius 1 is 1.36 bits per heavy atom. The summed E-state index contributed by atoms with van der Waals surface area (Å²) >= 11 is 3.40. The van der Waals surface area contributed by atoms with E-state index in [0.717, 1.165) is 28.8 Å². The molecule has 0 fully saturated rings. The third kappa shape index (κ3) is 2.23. The first kappa shape index (κ1) is 11.4. The highest BCUT2D eigenvalue weighted by Gasteiger charge is 2.12. The molecule has 0 aliphatic rings. The summed E-state index contributed by atoms with van der Waals surface area (Å²) < 4.78 is 0.840. The van der Waals surface area contributed by atoms with Crippen LogP contribution < -0.4 is 5.73 Å². The molecule has 1 atom stereocenters. The summed E-state index contributed by atoms with van der Waals surface area (Å²) in [4.78, 5) is 8.76. The van der Waals surface area contributed by atoms with E-state index in [-0.39, 0.29) is 0 Å². The molecule has 78 valence electrons. The molecular weight excluding hydrogens is 242 g/mol. The smallest absolute Gasteiger partial charge is 0.141 e. The fraction of sp³-hybridized carbons (Fsp3) is 0.600. The van der Waals surface area contributed by atoms with Crippen LogP contribution in [0.2, 0.25) is 0 Å². The number of aryl methyl sites for hydroxylation is 1. The van der Waals surface area contributed by atoms with Gasteiger partial charge >= 0.3 is 0 Å².